The Morgan fingerprint density at radius 2 is 1.95 bits per heavy atom. The molecule has 0 atom stereocenters. The molecule has 0 aliphatic rings. The maximum absolute atomic E-state index is 5.98. The van der Waals surface area contributed by atoms with Crippen molar-refractivity contribution < 1.29 is 0 Å². The first-order valence-electron chi connectivity index (χ1n) is 6.30. The number of hydrogen-bond acceptors (Lipinski definition) is 2. The van der Waals surface area contributed by atoms with E-state index in [9.17, 15) is 0 Å². The molecule has 0 bridgehead atoms. The van der Waals surface area contributed by atoms with Crippen molar-refractivity contribution in [2.45, 2.75) is 19.2 Å². The highest BCUT2D eigenvalue weighted by molar-refractivity contribution is 6.18. The standard InChI is InChI=1S/C15H14ClN3/c1-2-14-17-7-8-19(14)15-13-6-4-3-5-12(13)11(9-16)10-18-15/h3-8,10H,2,9H2,1H3. The van der Waals surface area contributed by atoms with Gasteiger partial charge in [0.15, 0.2) is 0 Å². The number of rotatable bonds is 3. The van der Waals surface area contributed by atoms with Crippen LogP contribution in [-0.4, -0.2) is 14.5 Å². The van der Waals surface area contributed by atoms with Gasteiger partial charge in [0.2, 0.25) is 0 Å². The average Bonchev–Trinajstić information content (AvgIpc) is 2.94. The molecule has 4 heteroatoms. The van der Waals surface area contributed by atoms with Crippen molar-refractivity contribution in [1.82, 2.24) is 14.5 Å². The second-order valence-electron chi connectivity index (χ2n) is 4.35. The van der Waals surface area contributed by atoms with Gasteiger partial charge >= 0.3 is 0 Å². The molecule has 0 spiro atoms. The van der Waals surface area contributed by atoms with Crippen molar-refractivity contribution in [2.75, 3.05) is 0 Å². The Bertz CT molecular complexity index is 718. The molecular formula is C15H14ClN3. The lowest BCUT2D eigenvalue weighted by Crippen LogP contribution is -2.03. The van der Waals surface area contributed by atoms with Crippen LogP contribution in [0, 0.1) is 0 Å². The zero-order valence-corrected chi connectivity index (χ0v) is 11.4. The van der Waals surface area contributed by atoms with Crippen LogP contribution in [0.2, 0.25) is 0 Å². The van der Waals surface area contributed by atoms with Gasteiger partial charge in [-0.05, 0) is 10.9 Å². The van der Waals surface area contributed by atoms with Gasteiger partial charge in [-0.25, -0.2) is 9.97 Å². The summed E-state index contributed by atoms with van der Waals surface area (Å²) in [5.41, 5.74) is 1.05. The van der Waals surface area contributed by atoms with Crippen molar-refractivity contribution in [2.24, 2.45) is 0 Å². The topological polar surface area (TPSA) is 30.7 Å². The molecule has 0 N–H and O–H groups in total. The predicted octanol–water partition coefficient (Wildman–Crippen LogP) is 3.72. The lowest BCUT2D eigenvalue weighted by atomic mass is 10.1. The van der Waals surface area contributed by atoms with E-state index in [0.29, 0.717) is 5.88 Å². The highest BCUT2D eigenvalue weighted by Gasteiger charge is 2.10. The SMILES string of the molecule is CCc1nccn1-c1ncc(CCl)c2ccccc12. The first kappa shape index (κ1) is 12.2. The number of pyridine rings is 1. The molecule has 0 saturated heterocycles. The quantitative estimate of drug-likeness (QED) is 0.680. The monoisotopic (exact) mass is 271 g/mol. The summed E-state index contributed by atoms with van der Waals surface area (Å²) in [5.74, 6) is 2.40. The fourth-order valence-electron chi connectivity index (χ4n) is 2.32. The smallest absolute Gasteiger partial charge is 0.145 e. The molecule has 2 aromatic heterocycles. The van der Waals surface area contributed by atoms with E-state index in [-0.39, 0.29) is 0 Å². The minimum atomic E-state index is 0.471. The van der Waals surface area contributed by atoms with E-state index in [2.05, 4.69) is 29.0 Å². The Labute approximate surface area is 116 Å². The largest absolute Gasteiger partial charge is 0.287 e. The van der Waals surface area contributed by atoms with E-state index in [1.807, 2.05) is 35.3 Å². The molecule has 3 nitrogen and oxygen atoms in total. The van der Waals surface area contributed by atoms with Crippen LogP contribution in [0.5, 0.6) is 0 Å². The van der Waals surface area contributed by atoms with Gasteiger partial charge in [-0.3, -0.25) is 4.57 Å². The molecule has 3 aromatic rings. The summed E-state index contributed by atoms with van der Waals surface area (Å²) in [6.45, 7) is 2.09. The molecule has 0 unspecified atom stereocenters. The van der Waals surface area contributed by atoms with Crippen LogP contribution in [0.25, 0.3) is 16.6 Å². The van der Waals surface area contributed by atoms with Gasteiger partial charge in [0.25, 0.3) is 0 Å². The second kappa shape index (κ2) is 5.02. The van der Waals surface area contributed by atoms with E-state index in [0.717, 1.165) is 34.4 Å². The normalized spacial score (nSPS) is 11.1. The van der Waals surface area contributed by atoms with Gasteiger partial charge in [0, 0.05) is 36.3 Å². The molecule has 0 amide bonds. The summed E-state index contributed by atoms with van der Waals surface area (Å²) >= 11 is 5.98. The van der Waals surface area contributed by atoms with Gasteiger partial charge < -0.3 is 0 Å². The summed E-state index contributed by atoms with van der Waals surface area (Å²) in [4.78, 5) is 8.92. The Morgan fingerprint density at radius 3 is 2.68 bits per heavy atom. The first-order chi connectivity index (χ1) is 9.35. The van der Waals surface area contributed by atoms with Crippen molar-refractivity contribution in [3.8, 4) is 5.82 Å². The minimum absolute atomic E-state index is 0.471. The lowest BCUT2D eigenvalue weighted by Gasteiger charge is -2.11. The van der Waals surface area contributed by atoms with Gasteiger partial charge in [0.05, 0.1) is 0 Å². The maximum Gasteiger partial charge on any atom is 0.145 e. The Morgan fingerprint density at radius 1 is 1.16 bits per heavy atom. The highest BCUT2D eigenvalue weighted by Crippen LogP contribution is 2.25. The number of alkyl halides is 1. The van der Waals surface area contributed by atoms with Gasteiger partial charge in [-0.1, -0.05) is 31.2 Å². The third-order valence-corrected chi connectivity index (χ3v) is 3.55. The van der Waals surface area contributed by atoms with Crippen LogP contribution in [0.1, 0.15) is 18.3 Å². The number of aromatic nitrogens is 3. The average molecular weight is 272 g/mol. The van der Waals surface area contributed by atoms with Crippen LogP contribution in [-0.2, 0) is 12.3 Å². The Balaban J connectivity index is 2.31. The molecule has 0 saturated carbocycles. The van der Waals surface area contributed by atoms with Gasteiger partial charge in [0.1, 0.15) is 11.6 Å². The fourth-order valence-corrected chi connectivity index (χ4v) is 2.54. The van der Waals surface area contributed by atoms with Crippen LogP contribution in [0.3, 0.4) is 0 Å². The lowest BCUT2D eigenvalue weighted by molar-refractivity contribution is 0.873. The zero-order chi connectivity index (χ0) is 13.2. The van der Waals surface area contributed by atoms with Crippen LogP contribution in [0.15, 0.2) is 42.9 Å². The van der Waals surface area contributed by atoms with Gasteiger partial charge in [-0.15, -0.1) is 11.6 Å². The summed E-state index contributed by atoms with van der Waals surface area (Å²) in [6, 6.07) is 8.21. The Kier molecular flexibility index (Phi) is 3.22. The van der Waals surface area contributed by atoms with E-state index in [4.69, 9.17) is 11.6 Å². The van der Waals surface area contributed by atoms with Crippen molar-refractivity contribution in [3.05, 3.63) is 54.2 Å². The van der Waals surface area contributed by atoms with Crippen LogP contribution < -0.4 is 0 Å². The number of fused-ring (bicyclic) bond motifs is 1. The molecule has 2 heterocycles. The molecule has 96 valence electrons. The van der Waals surface area contributed by atoms with Gasteiger partial charge in [-0.2, -0.15) is 0 Å². The van der Waals surface area contributed by atoms with Crippen molar-refractivity contribution in [3.63, 3.8) is 0 Å². The summed E-state index contributed by atoms with van der Waals surface area (Å²) in [6.07, 6.45) is 6.49. The molecule has 3 rings (SSSR count). The van der Waals surface area contributed by atoms with Crippen LogP contribution in [0.4, 0.5) is 0 Å². The number of hydrogen-bond donors (Lipinski definition) is 0. The minimum Gasteiger partial charge on any atom is -0.287 e. The first-order valence-corrected chi connectivity index (χ1v) is 6.83. The van der Waals surface area contributed by atoms with E-state index in [1.165, 1.54) is 0 Å². The number of nitrogens with zero attached hydrogens (tertiary/aromatic N) is 3. The third kappa shape index (κ3) is 2.00. The predicted molar refractivity (Wildman–Crippen MR) is 77.8 cm³/mol. The highest BCUT2D eigenvalue weighted by atomic mass is 35.5. The number of halogens is 1. The van der Waals surface area contributed by atoms with Crippen molar-refractivity contribution >= 4 is 22.4 Å². The second-order valence-corrected chi connectivity index (χ2v) is 4.62. The summed E-state index contributed by atoms with van der Waals surface area (Å²) in [7, 11) is 0. The fraction of sp³-hybridized carbons (Fsp3) is 0.200. The number of benzene rings is 1. The summed E-state index contributed by atoms with van der Waals surface area (Å²) < 4.78 is 2.04. The number of imidazole rings is 1. The van der Waals surface area contributed by atoms with E-state index >= 15 is 0 Å². The molecule has 0 aliphatic carbocycles. The molecule has 0 radical (unpaired) electrons. The molecule has 19 heavy (non-hydrogen) atoms. The zero-order valence-electron chi connectivity index (χ0n) is 10.7. The maximum atomic E-state index is 5.98. The van der Waals surface area contributed by atoms with E-state index < -0.39 is 0 Å². The number of aryl methyl sites for hydroxylation is 1. The molecular weight excluding hydrogens is 258 g/mol. The van der Waals surface area contributed by atoms with E-state index in [1.54, 1.807) is 0 Å². The third-order valence-electron chi connectivity index (χ3n) is 3.26. The molecule has 0 aliphatic heterocycles. The van der Waals surface area contributed by atoms with Crippen molar-refractivity contribution in [1.29, 1.82) is 0 Å². The summed E-state index contributed by atoms with van der Waals surface area (Å²) in [5, 5.41) is 2.26. The van der Waals surface area contributed by atoms with Crippen LogP contribution >= 0.6 is 11.6 Å². The Hall–Kier alpha value is -1.87. The molecule has 0 fully saturated rings. The molecule has 1 aromatic carbocycles.